The fraction of sp³-hybridized carbons (Fsp3) is 0.167. The molecule has 52 heavy (non-hydrogen) atoms. The van der Waals surface area contributed by atoms with E-state index in [4.69, 9.17) is 60.6 Å². The smallest absolute Gasteiger partial charge is 0.341 e. The van der Waals surface area contributed by atoms with Crippen LogP contribution in [0, 0.1) is 13.8 Å². The maximum atomic E-state index is 14.1. The summed E-state index contributed by atoms with van der Waals surface area (Å²) in [6.45, 7) is 4.06. The first kappa shape index (κ1) is 37.2. The number of nitrogens with zero attached hydrogens (tertiary/aromatic N) is 2. The van der Waals surface area contributed by atoms with Crippen molar-refractivity contribution in [2.75, 3.05) is 38.1 Å². The lowest BCUT2D eigenvalue weighted by atomic mass is 9.87. The molecule has 0 spiro atoms. The zero-order chi connectivity index (χ0) is 37.3. The Balaban J connectivity index is 1.73. The van der Waals surface area contributed by atoms with E-state index in [9.17, 15) is 4.79 Å². The number of hydrogen-bond acceptors (Lipinski definition) is 6. The minimum Gasteiger partial charge on any atom is -0.497 e. The second kappa shape index (κ2) is 15.2. The molecule has 6 nitrogen and oxygen atoms in total. The van der Waals surface area contributed by atoms with E-state index >= 15 is 0 Å². The number of ether oxygens (including phenoxy) is 3. The molecule has 0 saturated carbocycles. The standard InChI is InChI=1S/C42H36Cl4N2O4/c1-25-7-15-29(16-8-25)47(3)33(27-11-19-31(50-5)20-12-27)23-42(36-35(41(49)52-42)37(43)39(45)40(46)38(36)44)24-34(28-13-21-32(51-6)22-14-28)48(4)30-17-9-26(2)10-18-30/h7-24H,1-6H3. The highest BCUT2D eigenvalue weighted by Gasteiger charge is 2.49. The third-order valence-electron chi connectivity index (χ3n) is 9.16. The number of benzene rings is 5. The number of esters is 1. The highest BCUT2D eigenvalue weighted by atomic mass is 35.5. The van der Waals surface area contributed by atoms with E-state index in [1.54, 1.807) is 14.2 Å². The number of carbonyl (C=O) groups excluding carboxylic acids is 1. The van der Waals surface area contributed by atoms with Gasteiger partial charge in [0.05, 0.1) is 39.9 Å². The van der Waals surface area contributed by atoms with Crippen LogP contribution in [0.3, 0.4) is 0 Å². The summed E-state index contributed by atoms with van der Waals surface area (Å²) in [7, 11) is 7.12. The van der Waals surface area contributed by atoms with Crippen LogP contribution in [-0.4, -0.2) is 34.3 Å². The largest absolute Gasteiger partial charge is 0.497 e. The number of halogens is 4. The third kappa shape index (κ3) is 7.09. The van der Waals surface area contributed by atoms with Gasteiger partial charge in [0.25, 0.3) is 0 Å². The quantitative estimate of drug-likeness (QED) is 0.0800. The van der Waals surface area contributed by atoms with Gasteiger partial charge in [0.1, 0.15) is 11.5 Å². The van der Waals surface area contributed by atoms with E-state index < -0.39 is 11.6 Å². The number of methoxy groups -OCH3 is 2. The zero-order valence-electron chi connectivity index (χ0n) is 29.4. The van der Waals surface area contributed by atoms with Crippen molar-refractivity contribution >= 4 is 75.1 Å². The molecule has 0 aromatic heterocycles. The molecular formula is C42H36Cl4N2O4. The summed E-state index contributed by atoms with van der Waals surface area (Å²) < 4.78 is 17.5. The molecule has 5 aromatic carbocycles. The van der Waals surface area contributed by atoms with Crippen LogP contribution in [-0.2, 0) is 10.3 Å². The molecule has 0 atom stereocenters. The summed E-state index contributed by atoms with van der Waals surface area (Å²) >= 11 is 27.2. The Labute approximate surface area is 324 Å². The Morgan fingerprint density at radius 3 is 1.37 bits per heavy atom. The van der Waals surface area contributed by atoms with Crippen LogP contribution in [0.4, 0.5) is 11.4 Å². The third-order valence-corrected chi connectivity index (χ3v) is 11.0. The van der Waals surface area contributed by atoms with Crippen LogP contribution in [0.15, 0.2) is 109 Å². The van der Waals surface area contributed by atoms with Gasteiger partial charge >= 0.3 is 5.97 Å². The van der Waals surface area contributed by atoms with Crippen LogP contribution in [0.1, 0.15) is 38.2 Å². The van der Waals surface area contributed by atoms with Crippen LogP contribution in [0.5, 0.6) is 11.5 Å². The molecule has 1 aliphatic heterocycles. The predicted molar refractivity (Wildman–Crippen MR) is 215 cm³/mol. The molecule has 1 heterocycles. The molecular weight excluding hydrogens is 738 g/mol. The topological polar surface area (TPSA) is 51.2 Å². The second-order valence-corrected chi connectivity index (χ2v) is 14.0. The average molecular weight is 775 g/mol. The Bertz CT molecular complexity index is 2070. The van der Waals surface area contributed by atoms with E-state index in [1.165, 1.54) is 0 Å². The van der Waals surface area contributed by atoms with Crippen LogP contribution >= 0.6 is 46.4 Å². The lowest BCUT2D eigenvalue weighted by molar-refractivity contribution is 0.0299. The Morgan fingerprint density at radius 1 is 0.596 bits per heavy atom. The minimum absolute atomic E-state index is 0.00679. The van der Waals surface area contributed by atoms with E-state index in [2.05, 4.69) is 0 Å². The molecule has 0 N–H and O–H groups in total. The van der Waals surface area contributed by atoms with Gasteiger partial charge in [0.2, 0.25) is 0 Å². The first-order valence-corrected chi connectivity index (χ1v) is 17.8. The maximum absolute atomic E-state index is 14.1. The van der Waals surface area contributed by atoms with Crippen molar-refractivity contribution in [3.8, 4) is 11.5 Å². The molecule has 10 heteroatoms. The van der Waals surface area contributed by atoms with E-state index in [-0.39, 0.29) is 31.2 Å². The lowest BCUT2D eigenvalue weighted by Crippen LogP contribution is -2.28. The molecule has 0 bridgehead atoms. The van der Waals surface area contributed by atoms with Gasteiger partial charge in [-0.05, 0) is 110 Å². The van der Waals surface area contributed by atoms with Gasteiger partial charge < -0.3 is 24.0 Å². The van der Waals surface area contributed by atoms with Gasteiger partial charge in [0, 0.05) is 42.4 Å². The number of aryl methyl sites for hydroxylation is 2. The first-order valence-electron chi connectivity index (χ1n) is 16.3. The van der Waals surface area contributed by atoms with Crippen molar-refractivity contribution < 1.29 is 19.0 Å². The van der Waals surface area contributed by atoms with Crippen LogP contribution in [0.2, 0.25) is 20.1 Å². The van der Waals surface area contributed by atoms with Crippen LogP contribution in [0.25, 0.3) is 11.4 Å². The summed E-state index contributed by atoms with van der Waals surface area (Å²) in [5.41, 5.74) is 5.64. The maximum Gasteiger partial charge on any atom is 0.341 e. The van der Waals surface area contributed by atoms with Crippen LogP contribution < -0.4 is 19.3 Å². The second-order valence-electron chi connectivity index (χ2n) is 12.5. The number of rotatable bonds is 10. The van der Waals surface area contributed by atoms with Gasteiger partial charge in [-0.3, -0.25) is 0 Å². The zero-order valence-corrected chi connectivity index (χ0v) is 32.5. The summed E-state index contributed by atoms with van der Waals surface area (Å²) in [5.74, 6) is 0.671. The lowest BCUT2D eigenvalue weighted by Gasteiger charge is -2.32. The van der Waals surface area contributed by atoms with Crippen molar-refractivity contribution in [2.45, 2.75) is 19.4 Å². The van der Waals surface area contributed by atoms with Gasteiger partial charge in [-0.25, -0.2) is 4.79 Å². The number of carbonyl (C=O) groups is 1. The Morgan fingerprint density at radius 2 is 0.981 bits per heavy atom. The van der Waals surface area contributed by atoms with E-state index in [0.29, 0.717) is 22.9 Å². The Hall–Kier alpha value is -4.59. The van der Waals surface area contributed by atoms with E-state index in [0.717, 1.165) is 33.6 Å². The van der Waals surface area contributed by atoms with Gasteiger partial charge in [-0.1, -0.05) is 81.8 Å². The van der Waals surface area contributed by atoms with Crippen molar-refractivity contribution in [3.63, 3.8) is 0 Å². The molecule has 0 fully saturated rings. The summed E-state index contributed by atoms with van der Waals surface area (Å²) in [6.07, 6.45) is 3.74. The molecule has 1 aliphatic rings. The average Bonchev–Trinajstić information content (AvgIpc) is 3.45. The predicted octanol–water partition coefficient (Wildman–Crippen LogP) is 11.7. The van der Waals surface area contributed by atoms with E-state index in [1.807, 2.05) is 147 Å². The first-order chi connectivity index (χ1) is 24.9. The number of hydrogen-bond donors (Lipinski definition) is 0. The molecule has 0 aliphatic carbocycles. The Kier molecular flexibility index (Phi) is 10.8. The summed E-state index contributed by atoms with van der Waals surface area (Å²) in [4.78, 5) is 18.1. The van der Waals surface area contributed by atoms with Crippen molar-refractivity contribution in [1.82, 2.24) is 0 Å². The van der Waals surface area contributed by atoms with Crippen molar-refractivity contribution in [1.29, 1.82) is 0 Å². The fourth-order valence-electron chi connectivity index (χ4n) is 6.18. The molecule has 266 valence electrons. The highest BCUT2D eigenvalue weighted by molar-refractivity contribution is 6.53. The number of cyclic esters (lactones) is 1. The monoisotopic (exact) mass is 772 g/mol. The molecule has 0 radical (unpaired) electrons. The van der Waals surface area contributed by atoms with Gasteiger partial charge in [-0.15, -0.1) is 0 Å². The molecule has 0 unspecified atom stereocenters. The fourth-order valence-corrected chi connectivity index (χ4v) is 7.26. The molecule has 5 aromatic rings. The van der Waals surface area contributed by atoms with Gasteiger partial charge in [-0.2, -0.15) is 0 Å². The molecule has 0 amide bonds. The molecule has 0 saturated heterocycles. The highest BCUT2D eigenvalue weighted by Crippen LogP contribution is 2.53. The number of fused-ring (bicyclic) bond motifs is 1. The van der Waals surface area contributed by atoms with Gasteiger partial charge in [0.15, 0.2) is 5.60 Å². The minimum atomic E-state index is -1.66. The van der Waals surface area contributed by atoms with Crippen molar-refractivity contribution in [3.05, 3.63) is 163 Å². The molecule has 6 rings (SSSR count). The SMILES string of the molecule is COc1ccc(C(=CC2(C=C(c3ccc(OC)cc3)N(C)c3ccc(C)cc3)OC(=O)c3c(Cl)c(Cl)c(Cl)c(Cl)c32)N(C)c2ccc(C)cc2)cc1. The normalized spacial score (nSPS) is 15.6. The van der Waals surface area contributed by atoms with Crippen molar-refractivity contribution in [2.24, 2.45) is 0 Å². The summed E-state index contributed by atoms with van der Waals surface area (Å²) in [5, 5.41) is -0.0292. The summed E-state index contributed by atoms with van der Waals surface area (Å²) in [6, 6.07) is 31.5. The number of anilines is 2.